The van der Waals surface area contributed by atoms with E-state index in [1.54, 1.807) is 0 Å². The van der Waals surface area contributed by atoms with Crippen molar-refractivity contribution in [1.82, 2.24) is 0 Å². The van der Waals surface area contributed by atoms with Crippen LogP contribution in [-0.2, 0) is 9.53 Å². The van der Waals surface area contributed by atoms with Gasteiger partial charge in [0.15, 0.2) is 6.61 Å². The van der Waals surface area contributed by atoms with Gasteiger partial charge < -0.3 is 19.8 Å². The largest absolute Gasteiger partial charge is 0.508 e. The number of rotatable bonds is 6. The highest BCUT2D eigenvalue weighted by Gasteiger charge is 2.19. The van der Waals surface area contributed by atoms with Crippen LogP contribution in [0.1, 0.15) is 16.8 Å². The molecule has 2 aromatic rings. The quantitative estimate of drug-likeness (QED) is 0.767. The van der Waals surface area contributed by atoms with Crippen molar-refractivity contribution in [3.8, 4) is 17.6 Å². The Bertz CT molecular complexity index is 846. The average molecular weight is 358 g/mol. The zero-order valence-corrected chi connectivity index (χ0v) is 13.6. The van der Waals surface area contributed by atoms with Crippen LogP contribution in [0.15, 0.2) is 42.5 Å². The van der Waals surface area contributed by atoms with Crippen LogP contribution in [0.4, 0.5) is 10.1 Å². The lowest BCUT2D eigenvalue weighted by atomic mass is 10.2. The molecule has 0 unspecified atom stereocenters. The minimum absolute atomic E-state index is 0.0375. The zero-order chi connectivity index (χ0) is 19.1. The predicted octanol–water partition coefficient (Wildman–Crippen LogP) is 2.34. The molecule has 0 atom stereocenters. The van der Waals surface area contributed by atoms with Gasteiger partial charge in [0.2, 0.25) is 0 Å². The van der Waals surface area contributed by atoms with E-state index < -0.39 is 30.1 Å². The Morgan fingerprint density at radius 2 is 1.85 bits per heavy atom. The lowest BCUT2D eigenvalue weighted by Crippen LogP contribution is -2.35. The number of anilines is 1. The van der Waals surface area contributed by atoms with E-state index in [1.165, 1.54) is 35.2 Å². The summed E-state index contributed by atoms with van der Waals surface area (Å²) >= 11 is 0. The molecule has 0 heterocycles. The van der Waals surface area contributed by atoms with Gasteiger partial charge in [0, 0.05) is 18.3 Å². The molecule has 0 bridgehead atoms. The molecule has 2 N–H and O–H groups in total. The first-order valence-corrected chi connectivity index (χ1v) is 7.54. The maximum atomic E-state index is 13.0. The molecule has 0 aliphatic carbocycles. The molecule has 2 rings (SSSR count). The van der Waals surface area contributed by atoms with Crippen molar-refractivity contribution in [3.05, 3.63) is 53.8 Å². The van der Waals surface area contributed by atoms with Crippen LogP contribution in [0.3, 0.4) is 0 Å². The number of esters is 1. The van der Waals surface area contributed by atoms with Crippen molar-refractivity contribution in [3.63, 3.8) is 0 Å². The molecule has 134 valence electrons. The van der Waals surface area contributed by atoms with Crippen LogP contribution in [0.2, 0.25) is 0 Å². The fourth-order valence-corrected chi connectivity index (χ4v) is 2.16. The number of ether oxygens (including phenoxy) is 1. The van der Waals surface area contributed by atoms with Crippen molar-refractivity contribution in [2.24, 2.45) is 0 Å². The summed E-state index contributed by atoms with van der Waals surface area (Å²) in [5.41, 5.74) is 0.149. The summed E-state index contributed by atoms with van der Waals surface area (Å²) in [6.45, 7) is -0.592. The number of nitrogens with zero attached hydrogens (tertiary/aromatic N) is 2. The molecule has 0 aliphatic rings. The minimum atomic E-state index is -0.949. The first-order valence-electron chi connectivity index (χ1n) is 7.54. The Morgan fingerprint density at radius 3 is 2.46 bits per heavy atom. The van der Waals surface area contributed by atoms with Gasteiger partial charge in [-0.2, -0.15) is 5.26 Å². The summed E-state index contributed by atoms with van der Waals surface area (Å²) in [6, 6.07) is 10.3. The van der Waals surface area contributed by atoms with E-state index >= 15 is 0 Å². The molecule has 0 aliphatic heterocycles. The van der Waals surface area contributed by atoms with Crippen molar-refractivity contribution >= 4 is 17.6 Å². The number of halogens is 1. The third-order valence-electron chi connectivity index (χ3n) is 3.41. The topological polar surface area (TPSA) is 111 Å². The van der Waals surface area contributed by atoms with Crippen LogP contribution in [0, 0.1) is 17.1 Å². The van der Waals surface area contributed by atoms with Gasteiger partial charge in [-0.15, -0.1) is 0 Å². The molecular formula is C18H15FN2O5. The third kappa shape index (κ3) is 4.70. The van der Waals surface area contributed by atoms with E-state index in [1.807, 2.05) is 6.07 Å². The number of phenolic OH excluding ortho intramolecular Hbond substituents is 2. The zero-order valence-electron chi connectivity index (χ0n) is 13.6. The van der Waals surface area contributed by atoms with Crippen molar-refractivity contribution < 1.29 is 28.9 Å². The fourth-order valence-electron chi connectivity index (χ4n) is 2.16. The maximum Gasteiger partial charge on any atom is 0.342 e. The second kappa shape index (κ2) is 8.48. The number of benzene rings is 2. The van der Waals surface area contributed by atoms with Gasteiger partial charge >= 0.3 is 5.97 Å². The SMILES string of the molecule is N#CCCN(C(=O)COC(=O)c1ccc(O)cc1O)c1ccc(F)cc1. The van der Waals surface area contributed by atoms with Gasteiger partial charge in [-0.3, -0.25) is 4.79 Å². The van der Waals surface area contributed by atoms with Crippen LogP contribution in [0.5, 0.6) is 11.5 Å². The summed E-state index contributed by atoms with van der Waals surface area (Å²) in [6.07, 6.45) is 0.0375. The Balaban J connectivity index is 2.07. The lowest BCUT2D eigenvalue weighted by Gasteiger charge is -2.21. The molecule has 0 aromatic heterocycles. The monoisotopic (exact) mass is 358 g/mol. The average Bonchev–Trinajstić information content (AvgIpc) is 2.61. The fraction of sp³-hybridized carbons (Fsp3) is 0.167. The molecular weight excluding hydrogens is 343 g/mol. The van der Waals surface area contributed by atoms with Gasteiger partial charge in [-0.25, -0.2) is 9.18 Å². The Labute approximate surface area is 148 Å². The highest BCUT2D eigenvalue weighted by atomic mass is 19.1. The van der Waals surface area contributed by atoms with Gasteiger partial charge in [0.25, 0.3) is 5.91 Å². The molecule has 0 spiro atoms. The van der Waals surface area contributed by atoms with E-state index in [4.69, 9.17) is 10.00 Å². The van der Waals surface area contributed by atoms with Gasteiger partial charge in [-0.1, -0.05) is 0 Å². The lowest BCUT2D eigenvalue weighted by molar-refractivity contribution is -0.121. The number of phenols is 2. The molecule has 8 heteroatoms. The van der Waals surface area contributed by atoms with Crippen LogP contribution in [-0.4, -0.2) is 35.2 Å². The van der Waals surface area contributed by atoms with E-state index in [0.29, 0.717) is 5.69 Å². The molecule has 0 fully saturated rings. The molecule has 0 radical (unpaired) electrons. The molecule has 0 saturated carbocycles. The number of nitriles is 1. The highest BCUT2D eigenvalue weighted by molar-refractivity contribution is 5.98. The van der Waals surface area contributed by atoms with E-state index in [9.17, 15) is 24.2 Å². The highest BCUT2D eigenvalue weighted by Crippen LogP contribution is 2.23. The third-order valence-corrected chi connectivity index (χ3v) is 3.41. The molecule has 26 heavy (non-hydrogen) atoms. The molecule has 1 amide bonds. The van der Waals surface area contributed by atoms with E-state index in [0.717, 1.165) is 12.1 Å². The van der Waals surface area contributed by atoms with Gasteiger partial charge in [-0.05, 0) is 36.4 Å². The second-order valence-electron chi connectivity index (χ2n) is 5.21. The van der Waals surface area contributed by atoms with Gasteiger partial charge in [0.1, 0.15) is 22.9 Å². The number of carbonyl (C=O) groups is 2. The van der Waals surface area contributed by atoms with Gasteiger partial charge in [0.05, 0.1) is 12.5 Å². The standard InChI is InChI=1S/C18H15FN2O5/c19-12-2-4-13(5-3-12)21(9-1-8-20)17(24)11-26-18(25)15-7-6-14(22)10-16(15)23/h2-7,10,22-23H,1,9,11H2. The Kier molecular flexibility index (Phi) is 6.11. The summed E-state index contributed by atoms with van der Waals surface area (Å²) in [4.78, 5) is 25.5. The smallest absolute Gasteiger partial charge is 0.342 e. The molecule has 0 saturated heterocycles. The summed E-state index contributed by atoms with van der Waals surface area (Å²) in [5.74, 6) is -2.75. The Morgan fingerprint density at radius 1 is 1.15 bits per heavy atom. The molecule has 2 aromatic carbocycles. The van der Waals surface area contributed by atoms with Crippen molar-refractivity contribution in [2.75, 3.05) is 18.1 Å². The molecule has 7 nitrogen and oxygen atoms in total. The summed E-state index contributed by atoms with van der Waals surface area (Å²) in [5, 5.41) is 27.6. The second-order valence-corrected chi connectivity index (χ2v) is 5.21. The summed E-state index contributed by atoms with van der Waals surface area (Å²) in [7, 11) is 0. The number of aromatic hydroxyl groups is 2. The normalized spacial score (nSPS) is 10.0. The van der Waals surface area contributed by atoms with Crippen molar-refractivity contribution in [2.45, 2.75) is 6.42 Å². The summed E-state index contributed by atoms with van der Waals surface area (Å²) < 4.78 is 17.9. The van der Waals surface area contributed by atoms with Crippen molar-refractivity contribution in [1.29, 1.82) is 5.26 Å². The van der Waals surface area contributed by atoms with Crippen LogP contribution in [0.25, 0.3) is 0 Å². The van der Waals surface area contributed by atoms with E-state index in [-0.39, 0.29) is 24.3 Å². The predicted molar refractivity (Wildman–Crippen MR) is 89.0 cm³/mol. The van der Waals surface area contributed by atoms with Crippen LogP contribution < -0.4 is 4.90 Å². The first-order chi connectivity index (χ1) is 12.4. The number of hydrogen-bond donors (Lipinski definition) is 2. The number of carbonyl (C=O) groups excluding carboxylic acids is 2. The number of hydrogen-bond acceptors (Lipinski definition) is 6. The van der Waals surface area contributed by atoms with Crippen LogP contribution >= 0.6 is 0 Å². The van der Waals surface area contributed by atoms with E-state index in [2.05, 4.69) is 0 Å². The number of amides is 1. The first kappa shape index (κ1) is 18.7. The Hall–Kier alpha value is -3.60. The maximum absolute atomic E-state index is 13.0. The minimum Gasteiger partial charge on any atom is -0.508 e.